The normalized spacial score (nSPS) is 24.7. The molecule has 2 amide bonds. The monoisotopic (exact) mass is 500 g/mol. The molecule has 1 rings (SSSR count). The number of carbonyl (C=O) groups is 4. The van der Waals surface area contributed by atoms with E-state index in [2.05, 4.69) is 24.5 Å². The van der Waals surface area contributed by atoms with E-state index in [-0.39, 0.29) is 12.8 Å². The highest BCUT2D eigenvalue weighted by Crippen LogP contribution is 2.16. The first-order chi connectivity index (χ1) is 16.8. The van der Waals surface area contributed by atoms with Crippen LogP contribution in [0.2, 0.25) is 0 Å². The molecular weight excluding hydrogens is 456 g/mol. The second-order valence-electron chi connectivity index (χ2n) is 9.18. The first kappa shape index (κ1) is 30.8. The van der Waals surface area contributed by atoms with Crippen molar-refractivity contribution in [1.29, 1.82) is 0 Å². The zero-order chi connectivity index (χ0) is 26.1. The maximum atomic E-state index is 12.7. The Morgan fingerprint density at radius 3 is 1.40 bits per heavy atom. The van der Waals surface area contributed by atoms with E-state index >= 15 is 0 Å². The van der Waals surface area contributed by atoms with Gasteiger partial charge in [0.25, 0.3) is 0 Å². The van der Waals surface area contributed by atoms with E-state index in [9.17, 15) is 29.4 Å². The van der Waals surface area contributed by atoms with Crippen LogP contribution in [0.15, 0.2) is 0 Å². The summed E-state index contributed by atoms with van der Waals surface area (Å²) in [6.07, 6.45) is 7.30. The maximum absolute atomic E-state index is 12.7. The molecule has 0 aliphatic carbocycles. The van der Waals surface area contributed by atoms with E-state index < -0.39 is 61.3 Å². The van der Waals surface area contributed by atoms with Gasteiger partial charge in [-0.1, -0.05) is 58.8 Å². The summed E-state index contributed by atoms with van der Waals surface area (Å²) in [7, 11) is 0. The third-order valence-electron chi connectivity index (χ3n) is 6.01. The van der Waals surface area contributed by atoms with E-state index in [0.29, 0.717) is 12.8 Å². The third kappa shape index (κ3) is 12.9. The van der Waals surface area contributed by atoms with Gasteiger partial charge in [-0.05, 0) is 25.7 Å². The molecule has 202 valence electrons. The minimum atomic E-state index is -1.28. The molecular formula is C25H44N2O8. The zero-order valence-electron chi connectivity index (χ0n) is 21.3. The van der Waals surface area contributed by atoms with Gasteiger partial charge < -0.3 is 30.3 Å². The van der Waals surface area contributed by atoms with Crippen molar-refractivity contribution in [2.24, 2.45) is 0 Å². The Morgan fingerprint density at radius 1 is 0.657 bits per heavy atom. The van der Waals surface area contributed by atoms with Gasteiger partial charge in [0.15, 0.2) is 12.1 Å². The Bertz CT molecular complexity index is 657. The molecule has 0 spiro atoms. The third-order valence-corrected chi connectivity index (χ3v) is 6.01. The molecule has 0 aromatic carbocycles. The fourth-order valence-electron chi connectivity index (χ4n) is 3.95. The molecule has 0 aromatic rings. The summed E-state index contributed by atoms with van der Waals surface area (Å²) < 4.78 is 11.0. The van der Waals surface area contributed by atoms with Crippen LogP contribution < -0.4 is 10.6 Å². The standard InChI is InChI=1S/C25H44N2O8/c1-3-5-7-9-11-13-19-15-23(31)27-20(16-28)24(32)34-18(12-10-8-6-4-2)14-22(30)26-21(17-29)25(33)35-19/h18-21,28-29H,3-17H2,1-2H3,(H,26,30)(H,27,31)/t18-,19+,20+,21+/m1/s1. The Morgan fingerprint density at radius 2 is 1.03 bits per heavy atom. The smallest absolute Gasteiger partial charge is 0.331 e. The molecule has 0 saturated carbocycles. The molecule has 1 aliphatic rings. The van der Waals surface area contributed by atoms with E-state index in [1.165, 1.54) is 0 Å². The summed E-state index contributed by atoms with van der Waals surface area (Å²) in [5.41, 5.74) is 0. The molecule has 0 radical (unpaired) electrons. The van der Waals surface area contributed by atoms with Gasteiger partial charge in [-0.25, -0.2) is 9.59 Å². The number of hydrogen-bond acceptors (Lipinski definition) is 8. The lowest BCUT2D eigenvalue weighted by Gasteiger charge is -2.25. The van der Waals surface area contributed by atoms with Gasteiger partial charge >= 0.3 is 11.9 Å². The maximum Gasteiger partial charge on any atom is 0.331 e. The molecule has 0 unspecified atom stereocenters. The SMILES string of the molecule is CCCCCCC[C@H]1CC(=O)N[C@@H](CO)C(=O)O[C@H](CCCCCC)CC(=O)N[C@@H](CO)C(=O)O1. The number of amides is 2. The highest BCUT2D eigenvalue weighted by atomic mass is 16.6. The lowest BCUT2D eigenvalue weighted by atomic mass is 10.0. The topological polar surface area (TPSA) is 151 Å². The van der Waals surface area contributed by atoms with Crippen molar-refractivity contribution in [3.8, 4) is 0 Å². The number of cyclic esters (lactones) is 2. The molecule has 1 heterocycles. The summed E-state index contributed by atoms with van der Waals surface area (Å²) in [5, 5.41) is 24.2. The van der Waals surface area contributed by atoms with Gasteiger partial charge in [-0.2, -0.15) is 0 Å². The van der Waals surface area contributed by atoms with Crippen LogP contribution in [0.1, 0.15) is 97.3 Å². The van der Waals surface area contributed by atoms with Gasteiger partial charge in [0, 0.05) is 0 Å². The lowest BCUT2D eigenvalue weighted by molar-refractivity contribution is -0.160. The number of carbonyl (C=O) groups excluding carboxylic acids is 4. The molecule has 1 fully saturated rings. The fraction of sp³-hybridized carbons (Fsp3) is 0.840. The van der Waals surface area contributed by atoms with Gasteiger partial charge in [0.05, 0.1) is 26.1 Å². The Hall–Kier alpha value is -2.20. The van der Waals surface area contributed by atoms with Crippen LogP contribution >= 0.6 is 0 Å². The minimum Gasteiger partial charge on any atom is -0.460 e. The van der Waals surface area contributed by atoms with Crippen molar-refractivity contribution in [3.05, 3.63) is 0 Å². The molecule has 0 aromatic heterocycles. The number of rotatable bonds is 13. The summed E-state index contributed by atoms with van der Waals surface area (Å²) in [5.74, 6) is -2.77. The van der Waals surface area contributed by atoms with E-state index in [0.717, 1.165) is 57.8 Å². The summed E-state index contributed by atoms with van der Waals surface area (Å²) in [4.78, 5) is 50.5. The quantitative estimate of drug-likeness (QED) is 0.221. The van der Waals surface area contributed by atoms with Crippen molar-refractivity contribution in [1.82, 2.24) is 10.6 Å². The van der Waals surface area contributed by atoms with Crippen molar-refractivity contribution >= 4 is 23.8 Å². The van der Waals surface area contributed by atoms with Crippen LogP contribution in [0.3, 0.4) is 0 Å². The summed E-state index contributed by atoms with van der Waals surface area (Å²) in [6.45, 7) is 2.85. The Kier molecular flexibility index (Phi) is 16.0. The Balaban J connectivity index is 2.98. The lowest BCUT2D eigenvalue weighted by Crippen LogP contribution is -2.49. The molecule has 4 atom stereocenters. The van der Waals surface area contributed by atoms with Crippen LogP contribution in [0.5, 0.6) is 0 Å². The first-order valence-corrected chi connectivity index (χ1v) is 13.1. The predicted octanol–water partition coefficient (Wildman–Crippen LogP) is 1.89. The van der Waals surface area contributed by atoms with Gasteiger partial charge in [-0.3, -0.25) is 9.59 Å². The number of ether oxygens (including phenoxy) is 2. The van der Waals surface area contributed by atoms with E-state index in [1.54, 1.807) is 0 Å². The average molecular weight is 501 g/mol. The average Bonchev–Trinajstić information content (AvgIpc) is 2.82. The van der Waals surface area contributed by atoms with Crippen molar-refractivity contribution in [3.63, 3.8) is 0 Å². The zero-order valence-corrected chi connectivity index (χ0v) is 21.3. The number of aliphatic hydroxyl groups excluding tert-OH is 2. The van der Waals surface area contributed by atoms with Crippen LogP contribution in [0.25, 0.3) is 0 Å². The van der Waals surface area contributed by atoms with Crippen molar-refractivity contribution in [2.75, 3.05) is 13.2 Å². The fourth-order valence-corrected chi connectivity index (χ4v) is 3.95. The second-order valence-corrected chi connectivity index (χ2v) is 9.18. The summed E-state index contributed by atoms with van der Waals surface area (Å²) in [6, 6.07) is -2.56. The van der Waals surface area contributed by atoms with Crippen molar-refractivity contribution < 1.29 is 38.9 Å². The van der Waals surface area contributed by atoms with E-state index in [4.69, 9.17) is 9.47 Å². The van der Waals surface area contributed by atoms with Crippen molar-refractivity contribution in [2.45, 2.75) is 122 Å². The van der Waals surface area contributed by atoms with Crippen LogP contribution in [0.4, 0.5) is 0 Å². The van der Waals surface area contributed by atoms with Gasteiger partial charge in [0.2, 0.25) is 11.8 Å². The number of unbranched alkanes of at least 4 members (excludes halogenated alkanes) is 7. The molecule has 35 heavy (non-hydrogen) atoms. The Labute approximate surface area is 208 Å². The number of nitrogens with one attached hydrogen (secondary N) is 2. The first-order valence-electron chi connectivity index (χ1n) is 13.1. The van der Waals surface area contributed by atoms with Crippen LogP contribution in [-0.2, 0) is 28.7 Å². The largest absolute Gasteiger partial charge is 0.460 e. The molecule has 10 heteroatoms. The number of aliphatic hydroxyl groups is 2. The van der Waals surface area contributed by atoms with Gasteiger partial charge in [0.1, 0.15) is 12.2 Å². The second kappa shape index (κ2) is 18.1. The molecule has 1 saturated heterocycles. The minimum absolute atomic E-state index is 0.212. The van der Waals surface area contributed by atoms with Gasteiger partial charge in [-0.15, -0.1) is 0 Å². The summed E-state index contributed by atoms with van der Waals surface area (Å²) >= 11 is 0. The number of esters is 2. The highest BCUT2D eigenvalue weighted by molar-refractivity contribution is 5.87. The molecule has 1 aliphatic heterocycles. The molecule has 10 nitrogen and oxygen atoms in total. The van der Waals surface area contributed by atoms with E-state index in [1.807, 2.05) is 0 Å². The van der Waals surface area contributed by atoms with Crippen LogP contribution in [-0.4, -0.2) is 71.5 Å². The number of hydrogen-bond donors (Lipinski definition) is 4. The van der Waals surface area contributed by atoms with Crippen LogP contribution in [0, 0.1) is 0 Å². The molecule has 4 N–H and O–H groups in total. The molecule has 0 bridgehead atoms. The highest BCUT2D eigenvalue weighted by Gasteiger charge is 2.31. The predicted molar refractivity (Wildman–Crippen MR) is 129 cm³/mol.